The van der Waals surface area contributed by atoms with Crippen LogP contribution in [0.4, 0.5) is 0 Å². The van der Waals surface area contributed by atoms with Gasteiger partial charge in [-0.05, 0) is 37.8 Å². The summed E-state index contributed by atoms with van der Waals surface area (Å²) in [5.41, 5.74) is 2.09. The van der Waals surface area contributed by atoms with Gasteiger partial charge < -0.3 is 5.11 Å². The molecule has 1 aliphatic carbocycles. The standard InChI is InChI=1S/C15H19ClO2/c1-10-8-11(2)13(16)12(9-10)15(14(17)18)6-4-3-5-7-15/h8-9H,3-7H2,1-2H3,(H,17,18). The molecule has 0 aromatic heterocycles. The third-order valence-electron chi connectivity index (χ3n) is 4.03. The molecule has 2 rings (SSSR count). The zero-order valence-electron chi connectivity index (χ0n) is 10.9. The first-order valence-corrected chi connectivity index (χ1v) is 6.86. The van der Waals surface area contributed by atoms with Crippen LogP contribution in [-0.4, -0.2) is 11.1 Å². The highest BCUT2D eigenvalue weighted by Gasteiger charge is 2.42. The summed E-state index contributed by atoms with van der Waals surface area (Å²) in [5.74, 6) is -0.728. The molecule has 0 bridgehead atoms. The summed E-state index contributed by atoms with van der Waals surface area (Å²) in [4.78, 5) is 11.8. The van der Waals surface area contributed by atoms with E-state index in [1.165, 1.54) is 0 Å². The molecule has 0 saturated heterocycles. The molecule has 1 aromatic rings. The molecule has 0 heterocycles. The van der Waals surface area contributed by atoms with E-state index in [1.54, 1.807) is 0 Å². The lowest BCUT2D eigenvalue weighted by Gasteiger charge is -2.34. The van der Waals surface area contributed by atoms with Crippen molar-refractivity contribution in [3.8, 4) is 0 Å². The van der Waals surface area contributed by atoms with Gasteiger partial charge in [-0.2, -0.15) is 0 Å². The van der Waals surface area contributed by atoms with Crippen LogP contribution < -0.4 is 0 Å². The van der Waals surface area contributed by atoms with Crippen LogP contribution in [0.5, 0.6) is 0 Å². The number of carbonyl (C=O) groups is 1. The molecule has 3 heteroatoms. The second kappa shape index (κ2) is 4.93. The minimum absolute atomic E-state index is 0.630. The lowest BCUT2D eigenvalue weighted by atomic mass is 9.69. The molecule has 98 valence electrons. The van der Waals surface area contributed by atoms with E-state index in [0.717, 1.165) is 36.0 Å². The van der Waals surface area contributed by atoms with E-state index in [1.807, 2.05) is 26.0 Å². The van der Waals surface area contributed by atoms with Gasteiger partial charge in [0.1, 0.15) is 0 Å². The van der Waals surface area contributed by atoms with Crippen molar-refractivity contribution in [2.24, 2.45) is 0 Å². The zero-order valence-corrected chi connectivity index (χ0v) is 11.7. The monoisotopic (exact) mass is 266 g/mol. The number of carboxylic acid groups (broad SMARTS) is 1. The summed E-state index contributed by atoms with van der Waals surface area (Å²) >= 11 is 6.37. The molecular weight excluding hydrogens is 248 g/mol. The Morgan fingerprint density at radius 3 is 2.39 bits per heavy atom. The van der Waals surface area contributed by atoms with Crippen LogP contribution in [0.25, 0.3) is 0 Å². The minimum atomic E-state index is -0.772. The predicted molar refractivity (Wildman–Crippen MR) is 73.3 cm³/mol. The van der Waals surface area contributed by atoms with Crippen LogP contribution in [0.1, 0.15) is 48.8 Å². The third kappa shape index (κ3) is 2.14. The molecule has 1 aromatic carbocycles. The highest BCUT2D eigenvalue weighted by atomic mass is 35.5. The van der Waals surface area contributed by atoms with E-state index in [0.29, 0.717) is 17.9 Å². The van der Waals surface area contributed by atoms with Gasteiger partial charge in [-0.15, -0.1) is 0 Å². The number of halogens is 1. The second-order valence-corrected chi connectivity index (χ2v) is 5.77. The molecule has 1 saturated carbocycles. The molecule has 18 heavy (non-hydrogen) atoms. The molecule has 2 nitrogen and oxygen atoms in total. The number of rotatable bonds is 2. The first-order chi connectivity index (χ1) is 8.47. The van der Waals surface area contributed by atoms with E-state index in [-0.39, 0.29) is 0 Å². The van der Waals surface area contributed by atoms with Crippen molar-refractivity contribution in [2.75, 3.05) is 0 Å². The average Bonchev–Trinajstić information content (AvgIpc) is 2.34. The molecule has 1 aliphatic rings. The van der Waals surface area contributed by atoms with Crippen LogP contribution in [0.3, 0.4) is 0 Å². The summed E-state index contributed by atoms with van der Waals surface area (Å²) < 4.78 is 0. The number of benzene rings is 1. The maximum Gasteiger partial charge on any atom is 0.314 e. The number of hydrogen-bond donors (Lipinski definition) is 1. The number of aryl methyl sites for hydroxylation is 2. The van der Waals surface area contributed by atoms with E-state index in [2.05, 4.69) is 0 Å². The van der Waals surface area contributed by atoms with Crippen LogP contribution in [0.2, 0.25) is 5.02 Å². The highest BCUT2D eigenvalue weighted by molar-refractivity contribution is 6.32. The molecule has 0 unspecified atom stereocenters. The van der Waals surface area contributed by atoms with Gasteiger partial charge in [0, 0.05) is 5.02 Å². The third-order valence-corrected chi connectivity index (χ3v) is 4.53. The first-order valence-electron chi connectivity index (χ1n) is 6.48. The van der Waals surface area contributed by atoms with E-state index in [9.17, 15) is 9.90 Å². The number of carboxylic acids is 1. The average molecular weight is 267 g/mol. The van der Waals surface area contributed by atoms with Crippen molar-refractivity contribution in [1.82, 2.24) is 0 Å². The largest absolute Gasteiger partial charge is 0.481 e. The maximum atomic E-state index is 11.8. The topological polar surface area (TPSA) is 37.3 Å². The number of aliphatic carboxylic acids is 1. The maximum absolute atomic E-state index is 11.8. The fourth-order valence-electron chi connectivity index (χ4n) is 3.05. The SMILES string of the molecule is Cc1cc(C)c(Cl)c(C2(C(=O)O)CCCCC2)c1. The fraction of sp³-hybridized carbons (Fsp3) is 0.533. The van der Waals surface area contributed by atoms with Crippen LogP contribution in [0.15, 0.2) is 12.1 Å². The van der Waals surface area contributed by atoms with Gasteiger partial charge in [0.15, 0.2) is 0 Å². The van der Waals surface area contributed by atoms with Crippen molar-refractivity contribution in [1.29, 1.82) is 0 Å². The summed E-state index contributed by atoms with van der Waals surface area (Å²) in [6, 6.07) is 3.96. The predicted octanol–water partition coefficient (Wildman–Crippen LogP) is 4.24. The van der Waals surface area contributed by atoms with E-state index >= 15 is 0 Å². The van der Waals surface area contributed by atoms with Gasteiger partial charge in [0.05, 0.1) is 5.41 Å². The van der Waals surface area contributed by atoms with E-state index < -0.39 is 11.4 Å². The lowest BCUT2D eigenvalue weighted by Crippen LogP contribution is -2.38. The fourth-order valence-corrected chi connectivity index (χ4v) is 3.34. The Balaban J connectivity index is 2.59. The molecule has 0 aliphatic heterocycles. The summed E-state index contributed by atoms with van der Waals surface area (Å²) in [7, 11) is 0. The Kier molecular flexibility index (Phi) is 3.67. The Morgan fingerprint density at radius 2 is 1.83 bits per heavy atom. The van der Waals surface area contributed by atoms with Gasteiger partial charge >= 0.3 is 5.97 Å². The molecule has 0 radical (unpaired) electrons. The van der Waals surface area contributed by atoms with Crippen molar-refractivity contribution < 1.29 is 9.90 Å². The van der Waals surface area contributed by atoms with Gasteiger partial charge in [-0.1, -0.05) is 48.6 Å². The molecule has 0 spiro atoms. The van der Waals surface area contributed by atoms with E-state index in [4.69, 9.17) is 11.6 Å². The quantitative estimate of drug-likeness (QED) is 0.869. The van der Waals surface area contributed by atoms with Gasteiger partial charge in [-0.3, -0.25) is 4.79 Å². The normalized spacial score (nSPS) is 18.6. The highest BCUT2D eigenvalue weighted by Crippen LogP contribution is 2.43. The molecule has 1 fully saturated rings. The molecular formula is C15H19ClO2. The van der Waals surface area contributed by atoms with Gasteiger partial charge in [0.25, 0.3) is 0 Å². The zero-order chi connectivity index (χ0) is 13.3. The lowest BCUT2D eigenvalue weighted by molar-refractivity contribution is -0.145. The van der Waals surface area contributed by atoms with Crippen molar-refractivity contribution in [2.45, 2.75) is 51.4 Å². The summed E-state index contributed by atoms with van der Waals surface area (Å²) in [6.07, 6.45) is 4.46. The Morgan fingerprint density at radius 1 is 1.22 bits per heavy atom. The molecule has 0 amide bonds. The van der Waals surface area contributed by atoms with Gasteiger partial charge in [0.2, 0.25) is 0 Å². The van der Waals surface area contributed by atoms with Crippen molar-refractivity contribution >= 4 is 17.6 Å². The summed E-state index contributed by atoms with van der Waals surface area (Å²) in [5, 5.41) is 10.3. The number of hydrogen-bond acceptors (Lipinski definition) is 1. The Bertz CT molecular complexity index is 474. The Hall–Kier alpha value is -1.02. The van der Waals surface area contributed by atoms with Crippen LogP contribution >= 0.6 is 11.6 Å². The Labute approximate surface area is 113 Å². The van der Waals surface area contributed by atoms with Gasteiger partial charge in [-0.25, -0.2) is 0 Å². The van der Waals surface area contributed by atoms with Crippen molar-refractivity contribution in [3.05, 3.63) is 33.8 Å². The molecule has 0 atom stereocenters. The minimum Gasteiger partial charge on any atom is -0.481 e. The molecule has 1 N–H and O–H groups in total. The second-order valence-electron chi connectivity index (χ2n) is 5.39. The van der Waals surface area contributed by atoms with Crippen LogP contribution in [0, 0.1) is 13.8 Å². The van der Waals surface area contributed by atoms with Crippen LogP contribution in [-0.2, 0) is 10.2 Å². The smallest absolute Gasteiger partial charge is 0.314 e. The first kappa shape index (κ1) is 13.4. The van der Waals surface area contributed by atoms with Crippen molar-refractivity contribution in [3.63, 3.8) is 0 Å². The summed E-state index contributed by atoms with van der Waals surface area (Å²) in [6.45, 7) is 3.93.